The molecular formula is C11H15N3O5. The van der Waals surface area contributed by atoms with Crippen molar-refractivity contribution in [3.05, 3.63) is 28.3 Å². The van der Waals surface area contributed by atoms with Gasteiger partial charge in [0, 0.05) is 13.7 Å². The molecule has 1 atom stereocenters. The van der Waals surface area contributed by atoms with E-state index in [1.165, 1.54) is 19.2 Å². The highest BCUT2D eigenvalue weighted by atomic mass is 16.6. The number of aromatic hydroxyl groups is 1. The van der Waals surface area contributed by atoms with Gasteiger partial charge in [0.2, 0.25) is 5.91 Å². The van der Waals surface area contributed by atoms with Crippen molar-refractivity contribution in [3.8, 4) is 5.75 Å². The maximum atomic E-state index is 11.7. The molecule has 0 aliphatic heterocycles. The topological polar surface area (TPSA) is 128 Å². The predicted octanol–water partition coefficient (Wildman–Crippen LogP) is 0.603. The lowest BCUT2D eigenvalue weighted by atomic mass is 10.2. The molecule has 8 nitrogen and oxygen atoms in total. The Kier molecular flexibility index (Phi) is 5.22. The lowest BCUT2D eigenvalue weighted by Crippen LogP contribution is -2.36. The van der Waals surface area contributed by atoms with Gasteiger partial charge in [-0.05, 0) is 18.6 Å². The van der Waals surface area contributed by atoms with E-state index in [2.05, 4.69) is 5.32 Å². The molecule has 0 aliphatic rings. The summed E-state index contributed by atoms with van der Waals surface area (Å²) in [6.07, 6.45) is 0.300. The number of amides is 1. The van der Waals surface area contributed by atoms with Crippen molar-refractivity contribution in [1.29, 1.82) is 0 Å². The second kappa shape index (κ2) is 6.66. The summed E-state index contributed by atoms with van der Waals surface area (Å²) in [6.45, 7) is 0.312. The van der Waals surface area contributed by atoms with E-state index >= 15 is 0 Å². The van der Waals surface area contributed by atoms with Crippen molar-refractivity contribution in [2.75, 3.05) is 19.0 Å². The molecule has 1 rings (SSSR count). The molecule has 0 aromatic heterocycles. The van der Waals surface area contributed by atoms with E-state index in [1.54, 1.807) is 0 Å². The number of nitrogens with two attached hydrogens (primary N) is 1. The molecule has 1 amide bonds. The van der Waals surface area contributed by atoms with Gasteiger partial charge in [0.1, 0.15) is 11.4 Å². The van der Waals surface area contributed by atoms with Gasteiger partial charge in [-0.2, -0.15) is 0 Å². The first-order valence-corrected chi connectivity index (χ1v) is 5.48. The third-order valence-corrected chi connectivity index (χ3v) is 2.41. The Balaban J connectivity index is 2.81. The molecule has 0 fully saturated rings. The third kappa shape index (κ3) is 4.19. The van der Waals surface area contributed by atoms with Crippen molar-refractivity contribution in [3.63, 3.8) is 0 Å². The molecule has 8 heteroatoms. The zero-order valence-electron chi connectivity index (χ0n) is 10.3. The van der Waals surface area contributed by atoms with Crippen LogP contribution in [-0.2, 0) is 9.53 Å². The normalized spacial score (nSPS) is 11.9. The molecule has 0 saturated heterocycles. The Hall–Kier alpha value is -2.19. The van der Waals surface area contributed by atoms with Crippen LogP contribution in [0.2, 0.25) is 0 Å². The van der Waals surface area contributed by atoms with Crippen LogP contribution in [0.4, 0.5) is 11.4 Å². The van der Waals surface area contributed by atoms with Crippen molar-refractivity contribution in [2.24, 2.45) is 5.73 Å². The van der Waals surface area contributed by atoms with Gasteiger partial charge in [0.05, 0.1) is 17.0 Å². The van der Waals surface area contributed by atoms with Gasteiger partial charge < -0.3 is 20.9 Å². The van der Waals surface area contributed by atoms with Crippen LogP contribution in [0, 0.1) is 10.1 Å². The summed E-state index contributed by atoms with van der Waals surface area (Å²) in [6, 6.07) is 2.61. The molecule has 0 bridgehead atoms. The number of ether oxygens (including phenoxy) is 1. The van der Waals surface area contributed by atoms with Crippen LogP contribution in [0.25, 0.3) is 0 Å². The highest BCUT2D eigenvalue weighted by Crippen LogP contribution is 2.28. The second-order valence-corrected chi connectivity index (χ2v) is 3.84. The molecule has 1 aromatic carbocycles. The summed E-state index contributed by atoms with van der Waals surface area (Å²) in [4.78, 5) is 21.8. The summed E-state index contributed by atoms with van der Waals surface area (Å²) in [5, 5.41) is 22.3. The van der Waals surface area contributed by atoms with E-state index in [0.29, 0.717) is 13.0 Å². The Morgan fingerprint density at radius 2 is 2.32 bits per heavy atom. The van der Waals surface area contributed by atoms with Crippen LogP contribution in [0.5, 0.6) is 5.75 Å². The quantitative estimate of drug-likeness (QED) is 0.394. The van der Waals surface area contributed by atoms with Gasteiger partial charge in [0.25, 0.3) is 5.69 Å². The molecule has 104 valence electrons. The van der Waals surface area contributed by atoms with Gasteiger partial charge >= 0.3 is 0 Å². The Morgan fingerprint density at radius 3 is 2.89 bits per heavy atom. The number of hydrogen-bond acceptors (Lipinski definition) is 6. The maximum absolute atomic E-state index is 11.7. The number of nitro groups is 1. The molecule has 0 radical (unpaired) electrons. The minimum absolute atomic E-state index is 0.0133. The highest BCUT2D eigenvalue weighted by molar-refractivity contribution is 5.96. The van der Waals surface area contributed by atoms with Crippen molar-refractivity contribution < 1.29 is 19.6 Å². The van der Waals surface area contributed by atoms with E-state index in [-0.39, 0.29) is 11.4 Å². The second-order valence-electron chi connectivity index (χ2n) is 3.84. The molecule has 4 N–H and O–H groups in total. The Morgan fingerprint density at radius 1 is 1.63 bits per heavy atom. The van der Waals surface area contributed by atoms with Crippen molar-refractivity contribution in [1.82, 2.24) is 0 Å². The van der Waals surface area contributed by atoms with Crippen LogP contribution >= 0.6 is 0 Å². The maximum Gasteiger partial charge on any atom is 0.296 e. The van der Waals surface area contributed by atoms with Crippen LogP contribution in [0.3, 0.4) is 0 Å². The number of rotatable bonds is 6. The molecule has 0 aliphatic carbocycles. The monoisotopic (exact) mass is 269 g/mol. The number of carbonyl (C=O) groups excluding carboxylic acids is 1. The standard InChI is InChI=1S/C11H15N3O5/c1-19-5-4-8(12)11(16)13-9-3-2-7(15)6-10(9)14(17)18/h2-3,6,8,15H,4-5,12H2,1H3,(H,13,16). The predicted molar refractivity (Wildman–Crippen MR) is 67.9 cm³/mol. The number of methoxy groups -OCH3 is 1. The minimum atomic E-state index is -0.826. The fraction of sp³-hybridized carbons (Fsp3) is 0.364. The van der Waals surface area contributed by atoms with E-state index < -0.39 is 22.6 Å². The molecule has 1 unspecified atom stereocenters. The van der Waals surface area contributed by atoms with Crippen molar-refractivity contribution >= 4 is 17.3 Å². The van der Waals surface area contributed by atoms with Crippen molar-refractivity contribution in [2.45, 2.75) is 12.5 Å². The van der Waals surface area contributed by atoms with Gasteiger partial charge in [-0.1, -0.05) is 0 Å². The van der Waals surface area contributed by atoms with Gasteiger partial charge in [-0.25, -0.2) is 0 Å². The number of hydrogen-bond donors (Lipinski definition) is 3. The fourth-order valence-electron chi connectivity index (χ4n) is 1.38. The SMILES string of the molecule is COCCC(N)C(=O)Nc1ccc(O)cc1[N+](=O)[O-]. The minimum Gasteiger partial charge on any atom is -0.508 e. The Labute approximate surface area is 109 Å². The summed E-state index contributed by atoms with van der Waals surface area (Å²) >= 11 is 0. The molecular weight excluding hydrogens is 254 g/mol. The highest BCUT2D eigenvalue weighted by Gasteiger charge is 2.19. The number of anilines is 1. The van der Waals surface area contributed by atoms with E-state index in [4.69, 9.17) is 10.5 Å². The molecule has 0 heterocycles. The number of phenolic OH excluding ortho intramolecular Hbond substituents is 1. The zero-order valence-corrected chi connectivity index (χ0v) is 10.3. The number of nitrogens with zero attached hydrogens (tertiary/aromatic N) is 1. The van der Waals surface area contributed by atoms with Gasteiger partial charge in [-0.15, -0.1) is 0 Å². The average Bonchev–Trinajstić information content (AvgIpc) is 2.37. The fourth-order valence-corrected chi connectivity index (χ4v) is 1.38. The number of nitrogens with one attached hydrogen (secondary N) is 1. The third-order valence-electron chi connectivity index (χ3n) is 2.41. The molecule has 0 saturated carbocycles. The summed E-state index contributed by atoms with van der Waals surface area (Å²) in [5.41, 5.74) is 5.19. The number of phenols is 1. The van der Waals surface area contributed by atoms with Gasteiger partial charge in [-0.3, -0.25) is 14.9 Å². The largest absolute Gasteiger partial charge is 0.508 e. The average molecular weight is 269 g/mol. The van der Waals surface area contributed by atoms with E-state index in [9.17, 15) is 20.0 Å². The Bertz CT molecular complexity index is 477. The number of benzene rings is 1. The van der Waals surface area contributed by atoms with Crippen LogP contribution in [0.15, 0.2) is 18.2 Å². The van der Waals surface area contributed by atoms with E-state index in [1.807, 2.05) is 0 Å². The summed E-state index contributed by atoms with van der Waals surface area (Å²) < 4.78 is 4.79. The molecule has 0 spiro atoms. The number of carbonyl (C=O) groups is 1. The first kappa shape index (κ1) is 14.9. The molecule has 1 aromatic rings. The van der Waals surface area contributed by atoms with Gasteiger partial charge in [0.15, 0.2) is 0 Å². The van der Waals surface area contributed by atoms with Crippen LogP contribution in [0.1, 0.15) is 6.42 Å². The number of nitro benzene ring substituents is 1. The van der Waals surface area contributed by atoms with Crippen LogP contribution < -0.4 is 11.1 Å². The summed E-state index contributed by atoms with van der Waals surface area (Å²) in [7, 11) is 1.48. The lowest BCUT2D eigenvalue weighted by molar-refractivity contribution is -0.384. The lowest BCUT2D eigenvalue weighted by Gasteiger charge is -2.11. The summed E-state index contributed by atoms with van der Waals surface area (Å²) in [5.74, 6) is -0.806. The van der Waals surface area contributed by atoms with E-state index in [0.717, 1.165) is 6.07 Å². The first-order chi connectivity index (χ1) is 8.95. The molecule has 19 heavy (non-hydrogen) atoms. The zero-order chi connectivity index (χ0) is 14.4. The first-order valence-electron chi connectivity index (χ1n) is 5.48. The smallest absolute Gasteiger partial charge is 0.296 e. The van der Waals surface area contributed by atoms with Crippen LogP contribution in [-0.4, -0.2) is 35.7 Å².